The van der Waals surface area contributed by atoms with E-state index in [1.165, 1.54) is 17.8 Å². The molecule has 0 amide bonds. The van der Waals surface area contributed by atoms with Crippen molar-refractivity contribution in [1.29, 1.82) is 0 Å². The van der Waals surface area contributed by atoms with E-state index in [0.29, 0.717) is 35.0 Å². The van der Waals surface area contributed by atoms with E-state index in [1.54, 1.807) is 13.0 Å². The number of aromatic nitrogens is 2. The number of carbonyl (C=O) groups is 1. The summed E-state index contributed by atoms with van der Waals surface area (Å²) in [7, 11) is 0. The van der Waals surface area contributed by atoms with Crippen LogP contribution in [0.3, 0.4) is 0 Å². The molecule has 1 aliphatic rings. The van der Waals surface area contributed by atoms with Gasteiger partial charge in [-0.1, -0.05) is 37.1 Å². The molecule has 1 atom stereocenters. The molecular weight excluding hydrogens is 425 g/mol. The molecule has 0 aromatic carbocycles. The lowest BCUT2D eigenvalue weighted by Crippen LogP contribution is -2.22. The molecule has 0 bridgehead atoms. The number of halogens is 3. The average molecular weight is 449 g/mol. The number of pyridine rings is 1. The van der Waals surface area contributed by atoms with Crippen LogP contribution in [-0.4, -0.2) is 33.9 Å². The first-order chi connectivity index (χ1) is 14.8. The van der Waals surface area contributed by atoms with Crippen molar-refractivity contribution >= 4 is 23.4 Å². The molecule has 31 heavy (non-hydrogen) atoms. The molecular formula is C23H23F3N2O2S. The predicted octanol–water partition coefficient (Wildman–Crippen LogP) is 5.11. The quantitative estimate of drug-likeness (QED) is 0.455. The first-order valence-electron chi connectivity index (χ1n) is 10.0. The molecule has 0 saturated carbocycles. The Morgan fingerprint density at radius 3 is 2.84 bits per heavy atom. The molecule has 0 saturated heterocycles. The topological polar surface area (TPSA) is 43.6 Å². The number of thioether (sulfide) groups is 1. The number of fused-ring (bicyclic) bond motifs is 1. The molecule has 1 unspecified atom stereocenters. The Kier molecular flexibility index (Phi) is 7.50. The van der Waals surface area contributed by atoms with Crippen LogP contribution in [0, 0.1) is 17.8 Å². The van der Waals surface area contributed by atoms with E-state index < -0.39 is 12.1 Å². The highest BCUT2D eigenvalue weighted by molar-refractivity contribution is 7.99. The Balaban J connectivity index is 1.89. The van der Waals surface area contributed by atoms with Gasteiger partial charge in [-0.2, -0.15) is 13.2 Å². The van der Waals surface area contributed by atoms with Crippen molar-refractivity contribution in [1.82, 2.24) is 9.38 Å². The zero-order chi connectivity index (χ0) is 22.4. The highest BCUT2D eigenvalue weighted by atomic mass is 32.2. The zero-order valence-electron chi connectivity index (χ0n) is 17.3. The summed E-state index contributed by atoms with van der Waals surface area (Å²) < 4.78 is 46.0. The highest BCUT2D eigenvalue weighted by Gasteiger charge is 2.38. The molecule has 2 heterocycles. The second kappa shape index (κ2) is 10.1. The fraction of sp³-hybridized carbons (Fsp3) is 0.391. The minimum atomic E-state index is -4.29. The number of ether oxygens (including phenoxy) is 1. The number of allylic oxidation sites excluding steroid dienone is 4. The van der Waals surface area contributed by atoms with Crippen LogP contribution >= 0.6 is 11.8 Å². The van der Waals surface area contributed by atoms with Crippen LogP contribution in [0.15, 0.2) is 42.1 Å². The summed E-state index contributed by atoms with van der Waals surface area (Å²) in [5.74, 6) is 4.78. The van der Waals surface area contributed by atoms with Crippen LogP contribution in [0.2, 0.25) is 0 Å². The fourth-order valence-corrected chi connectivity index (χ4v) is 3.90. The molecule has 2 aromatic heterocycles. The van der Waals surface area contributed by atoms with E-state index in [1.807, 2.05) is 29.7 Å². The van der Waals surface area contributed by atoms with E-state index in [2.05, 4.69) is 16.8 Å². The van der Waals surface area contributed by atoms with E-state index in [0.717, 1.165) is 18.1 Å². The molecule has 8 heteroatoms. The van der Waals surface area contributed by atoms with Crippen molar-refractivity contribution in [2.75, 3.05) is 12.4 Å². The molecule has 2 aromatic rings. The number of imidazole rings is 1. The average Bonchev–Trinajstić information content (AvgIpc) is 3.08. The van der Waals surface area contributed by atoms with Crippen molar-refractivity contribution in [3.8, 4) is 11.8 Å². The lowest BCUT2D eigenvalue weighted by molar-refractivity contribution is -0.160. The molecule has 164 valence electrons. The Labute approximate surface area is 183 Å². The highest BCUT2D eigenvalue weighted by Crippen LogP contribution is 2.34. The maximum Gasteiger partial charge on any atom is 0.395 e. The van der Waals surface area contributed by atoms with E-state index in [-0.39, 0.29) is 18.1 Å². The fourth-order valence-electron chi connectivity index (χ4n) is 3.15. The minimum Gasteiger partial charge on any atom is -0.465 e. The van der Waals surface area contributed by atoms with Crippen molar-refractivity contribution in [2.45, 2.75) is 38.6 Å². The smallest absolute Gasteiger partial charge is 0.395 e. The molecule has 0 fully saturated rings. The summed E-state index contributed by atoms with van der Waals surface area (Å²) in [6.07, 6.45) is 2.50. The number of aryl methyl sites for hydroxylation is 1. The SMILES string of the molecule is CCOC(=O)CSCc1nc2ccc(CC)cn2c1C#CC1=CC=CC(C(F)(F)F)C1. The third-order valence-corrected chi connectivity index (χ3v) is 5.68. The van der Waals surface area contributed by atoms with Crippen LogP contribution in [-0.2, 0) is 21.7 Å². The van der Waals surface area contributed by atoms with Gasteiger partial charge in [0.1, 0.15) is 11.3 Å². The molecule has 4 nitrogen and oxygen atoms in total. The summed E-state index contributed by atoms with van der Waals surface area (Å²) in [6.45, 7) is 4.12. The molecule has 0 N–H and O–H groups in total. The maximum atomic E-state index is 13.1. The van der Waals surface area contributed by atoms with Crippen molar-refractivity contribution < 1.29 is 22.7 Å². The van der Waals surface area contributed by atoms with Gasteiger partial charge in [0.15, 0.2) is 0 Å². The standard InChI is InChI=1S/C23H23F3N2O2S/c1-3-16-9-11-21-27-19(14-31-15-22(29)30-4-2)20(28(21)13-16)10-8-17-6-5-7-18(12-17)23(24,25)26/h5-7,9,11,13,18H,3-4,12,14-15H2,1-2H3. The van der Waals surface area contributed by atoms with Gasteiger partial charge in [-0.05, 0) is 37.3 Å². The lowest BCUT2D eigenvalue weighted by atomic mass is 9.94. The number of hydrogen-bond donors (Lipinski definition) is 0. The first-order valence-corrected chi connectivity index (χ1v) is 11.2. The van der Waals surface area contributed by atoms with Crippen molar-refractivity contribution in [3.05, 3.63) is 59.1 Å². The monoisotopic (exact) mass is 448 g/mol. The minimum absolute atomic E-state index is 0.170. The number of rotatable bonds is 6. The summed E-state index contributed by atoms with van der Waals surface area (Å²) in [5, 5.41) is 0. The van der Waals surface area contributed by atoms with Gasteiger partial charge in [-0.25, -0.2) is 4.98 Å². The van der Waals surface area contributed by atoms with Crippen molar-refractivity contribution in [3.63, 3.8) is 0 Å². The van der Waals surface area contributed by atoms with Gasteiger partial charge in [0.25, 0.3) is 0 Å². The normalized spacial score (nSPS) is 16.0. The van der Waals surface area contributed by atoms with Gasteiger partial charge in [-0.3, -0.25) is 9.20 Å². The number of nitrogens with zero attached hydrogens (tertiary/aromatic N) is 2. The second-order valence-electron chi connectivity index (χ2n) is 7.00. The van der Waals surface area contributed by atoms with Crippen LogP contribution in [0.1, 0.15) is 37.2 Å². The molecule has 0 aliphatic heterocycles. The summed E-state index contributed by atoms with van der Waals surface area (Å²) in [4.78, 5) is 16.2. The molecule has 1 aliphatic carbocycles. The largest absolute Gasteiger partial charge is 0.465 e. The number of carbonyl (C=O) groups excluding carboxylic acids is 1. The van der Waals surface area contributed by atoms with Crippen LogP contribution in [0.25, 0.3) is 5.65 Å². The third kappa shape index (κ3) is 5.95. The lowest BCUT2D eigenvalue weighted by Gasteiger charge is -2.18. The van der Waals surface area contributed by atoms with E-state index in [9.17, 15) is 18.0 Å². The Bertz CT molecular complexity index is 1070. The Morgan fingerprint density at radius 2 is 2.13 bits per heavy atom. The van der Waals surface area contributed by atoms with Gasteiger partial charge in [0.05, 0.1) is 24.0 Å². The summed E-state index contributed by atoms with van der Waals surface area (Å²) in [6, 6.07) is 3.88. The van der Waals surface area contributed by atoms with Crippen molar-refractivity contribution in [2.24, 2.45) is 5.92 Å². The summed E-state index contributed by atoms with van der Waals surface area (Å²) >= 11 is 1.37. The van der Waals surface area contributed by atoms with Crippen LogP contribution in [0.4, 0.5) is 13.2 Å². The van der Waals surface area contributed by atoms with Gasteiger partial charge in [-0.15, -0.1) is 11.8 Å². The summed E-state index contributed by atoms with van der Waals surface area (Å²) in [5.41, 5.74) is 3.54. The third-order valence-electron chi connectivity index (χ3n) is 4.77. The van der Waals surface area contributed by atoms with Crippen LogP contribution < -0.4 is 0 Å². The number of hydrogen-bond acceptors (Lipinski definition) is 4. The molecule has 3 rings (SSSR count). The van der Waals surface area contributed by atoms with E-state index >= 15 is 0 Å². The molecule has 0 spiro atoms. The van der Waals surface area contributed by atoms with Gasteiger partial charge in [0.2, 0.25) is 0 Å². The van der Waals surface area contributed by atoms with Crippen LogP contribution in [0.5, 0.6) is 0 Å². The number of esters is 1. The van der Waals surface area contributed by atoms with Gasteiger partial charge in [0, 0.05) is 17.5 Å². The number of alkyl halides is 3. The van der Waals surface area contributed by atoms with Gasteiger partial charge < -0.3 is 4.74 Å². The second-order valence-corrected chi connectivity index (χ2v) is 7.99. The maximum absolute atomic E-state index is 13.1. The Morgan fingerprint density at radius 1 is 1.32 bits per heavy atom. The van der Waals surface area contributed by atoms with Gasteiger partial charge >= 0.3 is 12.1 Å². The predicted molar refractivity (Wildman–Crippen MR) is 116 cm³/mol. The first kappa shape index (κ1) is 23.0. The molecule has 0 radical (unpaired) electrons. The Hall–Kier alpha value is -2.66. The zero-order valence-corrected chi connectivity index (χ0v) is 18.1. The van der Waals surface area contributed by atoms with E-state index in [4.69, 9.17) is 4.74 Å².